The van der Waals surface area contributed by atoms with Crippen molar-refractivity contribution in [2.24, 2.45) is 5.41 Å². The number of amides is 1. The van der Waals surface area contributed by atoms with Crippen molar-refractivity contribution in [2.45, 2.75) is 44.3 Å². The number of carboxylic acid groups (broad SMARTS) is 2. The number of hydrogen-bond acceptors (Lipinski definition) is 7. The fraction of sp³-hybridized carbons (Fsp3) is 0.652. The van der Waals surface area contributed by atoms with Crippen molar-refractivity contribution in [2.75, 3.05) is 46.9 Å². The molecule has 2 saturated heterocycles. The number of aliphatic carboxylic acids is 2. The Morgan fingerprint density at radius 2 is 1.64 bits per heavy atom. The summed E-state index contributed by atoms with van der Waals surface area (Å²) in [6.07, 6.45) is -3.30. The molecule has 1 atom stereocenters. The number of ether oxygens (including phenoxy) is 2. The Kier molecular flexibility index (Phi) is 13.1. The first kappa shape index (κ1) is 34.0. The van der Waals surface area contributed by atoms with Gasteiger partial charge in [0.25, 0.3) is 0 Å². The Balaban J connectivity index is 0.000000449. The Labute approximate surface area is 220 Å². The largest absolute Gasteiger partial charge is 0.490 e. The molecule has 0 radical (unpaired) electrons. The summed E-state index contributed by atoms with van der Waals surface area (Å²) >= 11 is 0. The molecule has 39 heavy (non-hydrogen) atoms. The number of carboxylic acids is 2. The van der Waals surface area contributed by atoms with Crippen LogP contribution in [0.25, 0.3) is 0 Å². The number of hydrogen-bond donors (Lipinski definition) is 2. The zero-order valence-corrected chi connectivity index (χ0v) is 21.3. The number of carbonyl (C=O) groups excluding carboxylic acids is 1. The third kappa shape index (κ3) is 13.1. The van der Waals surface area contributed by atoms with Gasteiger partial charge in [-0.25, -0.2) is 9.59 Å². The first-order chi connectivity index (χ1) is 17.9. The van der Waals surface area contributed by atoms with Crippen LogP contribution in [-0.2, 0) is 30.5 Å². The first-order valence-corrected chi connectivity index (χ1v) is 11.6. The molecule has 222 valence electrons. The molecule has 0 saturated carbocycles. The van der Waals surface area contributed by atoms with Crippen molar-refractivity contribution in [1.82, 2.24) is 14.8 Å². The van der Waals surface area contributed by atoms with Gasteiger partial charge in [-0.3, -0.25) is 9.78 Å². The van der Waals surface area contributed by atoms with Crippen molar-refractivity contribution >= 4 is 17.8 Å². The van der Waals surface area contributed by atoms with E-state index in [0.29, 0.717) is 19.8 Å². The highest BCUT2D eigenvalue weighted by Gasteiger charge is 2.43. The van der Waals surface area contributed by atoms with Gasteiger partial charge in [-0.1, -0.05) is 6.07 Å². The average Bonchev–Trinajstić information content (AvgIpc) is 3.21. The number of likely N-dealkylation sites (tertiary alicyclic amines) is 1. The summed E-state index contributed by atoms with van der Waals surface area (Å²) in [5.74, 6) is -5.28. The minimum Gasteiger partial charge on any atom is -0.475 e. The van der Waals surface area contributed by atoms with E-state index in [1.165, 1.54) is 0 Å². The quantitative estimate of drug-likeness (QED) is 0.492. The van der Waals surface area contributed by atoms with Crippen LogP contribution in [-0.4, -0.2) is 108 Å². The van der Waals surface area contributed by atoms with Gasteiger partial charge in [0.15, 0.2) is 0 Å². The number of piperidine rings is 1. The van der Waals surface area contributed by atoms with E-state index in [9.17, 15) is 31.1 Å². The molecule has 3 heterocycles. The highest BCUT2D eigenvalue weighted by atomic mass is 19.4. The van der Waals surface area contributed by atoms with Crippen LogP contribution in [0, 0.1) is 5.41 Å². The van der Waals surface area contributed by atoms with Gasteiger partial charge in [-0.15, -0.1) is 0 Å². The van der Waals surface area contributed by atoms with E-state index in [-0.39, 0.29) is 17.4 Å². The minimum atomic E-state index is -5.08. The lowest BCUT2D eigenvalue weighted by Crippen LogP contribution is -2.46. The maximum Gasteiger partial charge on any atom is 0.490 e. The summed E-state index contributed by atoms with van der Waals surface area (Å²) in [5.41, 5.74) is 1.32. The second kappa shape index (κ2) is 15.0. The normalized spacial score (nSPS) is 18.6. The van der Waals surface area contributed by atoms with Gasteiger partial charge in [-0.2, -0.15) is 26.3 Å². The summed E-state index contributed by atoms with van der Waals surface area (Å²) in [6, 6.07) is 3.94. The number of nitrogens with zero attached hydrogens (tertiary/aromatic N) is 3. The highest BCUT2D eigenvalue weighted by molar-refractivity contribution is 5.78. The van der Waals surface area contributed by atoms with Crippen molar-refractivity contribution < 1.29 is 60.4 Å². The SMILES string of the molecule is CN(C)CC(=O)N1CCC2(CC1)COC(COCc1cccnc1)C2.O=C(O)C(F)(F)F.O=C(O)C(F)(F)F. The van der Waals surface area contributed by atoms with Crippen LogP contribution in [0.15, 0.2) is 24.5 Å². The van der Waals surface area contributed by atoms with Crippen molar-refractivity contribution in [1.29, 1.82) is 0 Å². The molecule has 2 aliphatic rings. The molecular formula is C23H31F6N3O7. The number of likely N-dealkylation sites (N-methyl/N-ethyl adjacent to an activating group) is 1. The van der Waals surface area contributed by atoms with Crippen molar-refractivity contribution in [3.63, 3.8) is 0 Å². The van der Waals surface area contributed by atoms with Crippen LogP contribution < -0.4 is 0 Å². The number of aromatic nitrogens is 1. The molecule has 1 spiro atoms. The van der Waals surface area contributed by atoms with E-state index in [1.54, 1.807) is 6.20 Å². The Morgan fingerprint density at radius 1 is 1.10 bits per heavy atom. The number of alkyl halides is 6. The summed E-state index contributed by atoms with van der Waals surface area (Å²) in [5, 5.41) is 14.2. The molecule has 2 fully saturated rings. The molecule has 0 aromatic carbocycles. The van der Waals surface area contributed by atoms with Gasteiger partial charge in [-0.05, 0) is 50.4 Å². The molecule has 10 nitrogen and oxygen atoms in total. The lowest BCUT2D eigenvalue weighted by Gasteiger charge is -2.38. The predicted octanol–water partition coefficient (Wildman–Crippen LogP) is 2.82. The van der Waals surface area contributed by atoms with Crippen LogP contribution in [0.1, 0.15) is 24.8 Å². The lowest BCUT2D eigenvalue weighted by molar-refractivity contribution is -0.193. The fourth-order valence-electron chi connectivity index (χ4n) is 3.74. The predicted molar refractivity (Wildman–Crippen MR) is 122 cm³/mol. The second-order valence-electron chi connectivity index (χ2n) is 9.24. The van der Waals surface area contributed by atoms with E-state index in [1.807, 2.05) is 42.2 Å². The maximum atomic E-state index is 12.2. The van der Waals surface area contributed by atoms with Crippen LogP contribution in [0.5, 0.6) is 0 Å². The minimum absolute atomic E-state index is 0.167. The molecule has 1 aromatic heterocycles. The summed E-state index contributed by atoms with van der Waals surface area (Å²) in [4.78, 5) is 38.0. The van der Waals surface area contributed by atoms with Gasteiger partial charge in [0.1, 0.15) is 0 Å². The topological polar surface area (TPSA) is 130 Å². The summed E-state index contributed by atoms with van der Waals surface area (Å²) < 4.78 is 75.3. The van der Waals surface area contributed by atoms with Gasteiger partial charge in [0.2, 0.25) is 5.91 Å². The molecule has 1 unspecified atom stereocenters. The van der Waals surface area contributed by atoms with Gasteiger partial charge < -0.3 is 29.5 Å². The number of halogens is 6. The van der Waals surface area contributed by atoms with E-state index >= 15 is 0 Å². The molecule has 3 rings (SSSR count). The van der Waals surface area contributed by atoms with E-state index in [2.05, 4.69) is 4.98 Å². The highest BCUT2D eigenvalue weighted by Crippen LogP contribution is 2.42. The second-order valence-corrected chi connectivity index (χ2v) is 9.24. The molecule has 16 heteroatoms. The van der Waals surface area contributed by atoms with Gasteiger partial charge >= 0.3 is 24.3 Å². The van der Waals surface area contributed by atoms with Gasteiger partial charge in [0.05, 0.1) is 32.5 Å². The standard InChI is InChI=1S/C19H29N3O3.2C2HF3O2/c1-21(2)12-18(23)22-8-5-19(6-9-22)10-17(25-15-19)14-24-13-16-4-3-7-20-11-16;2*3-2(4,5)1(6)7/h3-4,7,11,17H,5-6,8-10,12-15H2,1-2H3;2*(H,6,7). The molecule has 0 bridgehead atoms. The van der Waals surface area contributed by atoms with Crippen LogP contribution in [0.4, 0.5) is 26.3 Å². The summed E-state index contributed by atoms with van der Waals surface area (Å²) in [7, 11) is 3.87. The zero-order valence-electron chi connectivity index (χ0n) is 21.3. The Hall–Kier alpha value is -2.98. The molecule has 2 aliphatic heterocycles. The smallest absolute Gasteiger partial charge is 0.475 e. The molecular weight excluding hydrogens is 544 g/mol. The number of pyridine rings is 1. The molecule has 2 N–H and O–H groups in total. The summed E-state index contributed by atoms with van der Waals surface area (Å²) in [6.45, 7) is 4.18. The lowest BCUT2D eigenvalue weighted by atomic mass is 9.76. The van der Waals surface area contributed by atoms with Crippen molar-refractivity contribution in [3.05, 3.63) is 30.1 Å². The van der Waals surface area contributed by atoms with Crippen LogP contribution >= 0.6 is 0 Å². The Morgan fingerprint density at radius 3 is 2.08 bits per heavy atom. The third-order valence-corrected chi connectivity index (χ3v) is 5.69. The zero-order chi connectivity index (χ0) is 29.9. The first-order valence-electron chi connectivity index (χ1n) is 11.6. The molecule has 1 amide bonds. The van der Waals surface area contributed by atoms with Crippen LogP contribution in [0.3, 0.4) is 0 Å². The number of rotatable bonds is 6. The van der Waals surface area contributed by atoms with E-state index < -0.39 is 24.3 Å². The third-order valence-electron chi connectivity index (χ3n) is 5.69. The van der Waals surface area contributed by atoms with Gasteiger partial charge in [0, 0.05) is 25.5 Å². The van der Waals surface area contributed by atoms with E-state index in [0.717, 1.165) is 44.5 Å². The molecule has 1 aromatic rings. The fourth-order valence-corrected chi connectivity index (χ4v) is 3.74. The monoisotopic (exact) mass is 575 g/mol. The average molecular weight is 576 g/mol. The van der Waals surface area contributed by atoms with Crippen molar-refractivity contribution in [3.8, 4) is 0 Å². The van der Waals surface area contributed by atoms with Crippen LogP contribution in [0.2, 0.25) is 0 Å². The van der Waals surface area contributed by atoms with E-state index in [4.69, 9.17) is 29.3 Å². The Bertz CT molecular complexity index is 897. The molecule has 0 aliphatic carbocycles. The maximum absolute atomic E-state index is 12.2. The number of carbonyl (C=O) groups is 3.